The number of carbonyl (C=O) groups is 1. The molecule has 1 aromatic carbocycles. The minimum Gasteiger partial charge on any atom is -0.394 e. The van der Waals surface area contributed by atoms with Gasteiger partial charge in [-0.15, -0.1) is 0 Å². The smallest absolute Gasteiger partial charge is 0.276 e. The van der Waals surface area contributed by atoms with Crippen LogP contribution in [0.2, 0.25) is 0 Å². The highest BCUT2D eigenvalue weighted by atomic mass is 35.6. The summed E-state index contributed by atoms with van der Waals surface area (Å²) in [5.41, 5.74) is 1.88. The standard InChI is InChI=1S/C12H13Cl3N2O2/c1-8(16-6-7-18)9-4-2-3-5-10(9)17-11(19)12(13,14)15/h2-5,18H,6-7H2,1H3,(H,17,19). The van der Waals surface area contributed by atoms with Gasteiger partial charge in [0, 0.05) is 17.0 Å². The van der Waals surface area contributed by atoms with Crippen LogP contribution in [0.3, 0.4) is 0 Å². The molecule has 1 amide bonds. The zero-order valence-electron chi connectivity index (χ0n) is 10.2. The highest BCUT2D eigenvalue weighted by Gasteiger charge is 2.31. The Morgan fingerprint density at radius 3 is 2.58 bits per heavy atom. The van der Waals surface area contributed by atoms with E-state index in [0.29, 0.717) is 23.5 Å². The number of aliphatic hydroxyl groups is 1. The summed E-state index contributed by atoms with van der Waals surface area (Å²) < 4.78 is -2.02. The van der Waals surface area contributed by atoms with Crippen LogP contribution in [0.15, 0.2) is 29.3 Å². The Balaban J connectivity index is 3.00. The minimum atomic E-state index is -2.02. The first-order chi connectivity index (χ1) is 8.86. The Labute approximate surface area is 126 Å². The van der Waals surface area contributed by atoms with Crippen molar-refractivity contribution in [2.75, 3.05) is 18.5 Å². The van der Waals surface area contributed by atoms with E-state index in [0.717, 1.165) is 0 Å². The van der Waals surface area contributed by atoms with Gasteiger partial charge < -0.3 is 10.4 Å². The maximum absolute atomic E-state index is 11.6. The molecule has 0 aromatic heterocycles. The van der Waals surface area contributed by atoms with Crippen molar-refractivity contribution in [3.8, 4) is 0 Å². The molecule has 4 nitrogen and oxygen atoms in total. The molecule has 0 unspecified atom stereocenters. The summed E-state index contributed by atoms with van der Waals surface area (Å²) in [4.78, 5) is 15.8. The van der Waals surface area contributed by atoms with Crippen molar-refractivity contribution in [2.45, 2.75) is 10.7 Å². The van der Waals surface area contributed by atoms with E-state index >= 15 is 0 Å². The van der Waals surface area contributed by atoms with E-state index in [4.69, 9.17) is 39.9 Å². The zero-order valence-corrected chi connectivity index (χ0v) is 12.4. The highest BCUT2D eigenvalue weighted by molar-refractivity contribution is 6.76. The van der Waals surface area contributed by atoms with Crippen molar-refractivity contribution < 1.29 is 9.90 Å². The second-order valence-corrected chi connectivity index (χ2v) is 5.97. The third-order valence-electron chi connectivity index (χ3n) is 2.27. The molecule has 2 N–H and O–H groups in total. The average Bonchev–Trinajstić information content (AvgIpc) is 2.35. The van der Waals surface area contributed by atoms with Gasteiger partial charge in [-0.25, -0.2) is 0 Å². The molecule has 0 aliphatic carbocycles. The first kappa shape index (κ1) is 16.2. The average molecular weight is 324 g/mol. The Morgan fingerprint density at radius 1 is 1.37 bits per heavy atom. The van der Waals surface area contributed by atoms with Crippen LogP contribution in [0, 0.1) is 0 Å². The topological polar surface area (TPSA) is 61.7 Å². The molecule has 0 spiro atoms. The van der Waals surface area contributed by atoms with E-state index in [1.54, 1.807) is 31.2 Å². The monoisotopic (exact) mass is 322 g/mol. The summed E-state index contributed by atoms with van der Waals surface area (Å²) >= 11 is 16.5. The number of aliphatic imine (C=N–C) groups is 1. The SMILES string of the molecule is CC(=NCCO)c1ccccc1NC(=O)C(Cl)(Cl)Cl. The largest absolute Gasteiger partial charge is 0.394 e. The van der Waals surface area contributed by atoms with Crippen molar-refractivity contribution in [3.63, 3.8) is 0 Å². The summed E-state index contributed by atoms with van der Waals surface area (Å²) in [6.45, 7) is 2.02. The van der Waals surface area contributed by atoms with Gasteiger partial charge in [0.15, 0.2) is 0 Å². The molecule has 1 aromatic rings. The quantitative estimate of drug-likeness (QED) is 0.661. The number of hydrogen-bond donors (Lipinski definition) is 2. The number of anilines is 1. The summed E-state index contributed by atoms with van der Waals surface area (Å²) in [6.07, 6.45) is 0. The first-order valence-electron chi connectivity index (χ1n) is 5.45. The van der Waals surface area contributed by atoms with Crippen LogP contribution >= 0.6 is 34.8 Å². The fraction of sp³-hybridized carbons (Fsp3) is 0.333. The number of halogens is 3. The van der Waals surface area contributed by atoms with Crippen molar-refractivity contribution in [2.24, 2.45) is 4.99 Å². The molecular weight excluding hydrogens is 311 g/mol. The van der Waals surface area contributed by atoms with Crippen molar-refractivity contribution >= 4 is 52.1 Å². The summed E-state index contributed by atoms with van der Waals surface area (Å²) in [7, 11) is 0. The van der Waals surface area contributed by atoms with Crippen LogP contribution in [0.4, 0.5) is 5.69 Å². The van der Waals surface area contributed by atoms with Gasteiger partial charge in [0.25, 0.3) is 9.70 Å². The third kappa shape index (κ3) is 4.99. The lowest BCUT2D eigenvalue weighted by Gasteiger charge is -2.14. The summed E-state index contributed by atoms with van der Waals surface area (Å²) in [5.74, 6) is -0.736. The molecule has 7 heteroatoms. The molecule has 0 radical (unpaired) electrons. The third-order valence-corrected chi connectivity index (χ3v) is 2.79. The lowest BCUT2D eigenvalue weighted by Crippen LogP contribution is -2.27. The van der Waals surface area contributed by atoms with Gasteiger partial charge in [-0.1, -0.05) is 53.0 Å². The van der Waals surface area contributed by atoms with E-state index in [-0.39, 0.29) is 6.61 Å². The van der Waals surface area contributed by atoms with Crippen LogP contribution < -0.4 is 5.32 Å². The Bertz CT molecular complexity index is 484. The van der Waals surface area contributed by atoms with Gasteiger partial charge >= 0.3 is 0 Å². The van der Waals surface area contributed by atoms with Crippen molar-refractivity contribution in [1.29, 1.82) is 0 Å². The Kier molecular flexibility index (Phi) is 6.07. The van der Waals surface area contributed by atoms with E-state index in [1.165, 1.54) is 0 Å². The number of nitrogens with one attached hydrogen (secondary N) is 1. The van der Waals surface area contributed by atoms with Gasteiger partial charge in [-0.05, 0) is 13.0 Å². The number of amides is 1. The van der Waals surface area contributed by atoms with Crippen LogP contribution in [0.25, 0.3) is 0 Å². The van der Waals surface area contributed by atoms with Crippen molar-refractivity contribution in [3.05, 3.63) is 29.8 Å². The predicted molar refractivity (Wildman–Crippen MR) is 79.5 cm³/mol. The molecule has 0 saturated carbocycles. The fourth-order valence-corrected chi connectivity index (χ4v) is 1.55. The van der Waals surface area contributed by atoms with E-state index in [9.17, 15) is 4.79 Å². The minimum absolute atomic E-state index is 0.0416. The summed E-state index contributed by atoms with van der Waals surface area (Å²) in [5, 5.41) is 11.3. The highest BCUT2D eigenvalue weighted by Crippen LogP contribution is 2.28. The maximum atomic E-state index is 11.6. The molecular formula is C12H13Cl3N2O2. The van der Waals surface area contributed by atoms with Gasteiger partial charge in [-0.2, -0.15) is 0 Å². The molecule has 0 fully saturated rings. The predicted octanol–water partition coefficient (Wildman–Crippen LogP) is 2.80. The molecule has 1 rings (SSSR count). The molecule has 0 heterocycles. The number of benzene rings is 1. The maximum Gasteiger partial charge on any atom is 0.276 e. The van der Waals surface area contributed by atoms with Gasteiger partial charge in [0.1, 0.15) is 0 Å². The number of rotatable bonds is 4. The zero-order chi connectivity index (χ0) is 14.5. The van der Waals surface area contributed by atoms with Crippen LogP contribution in [-0.2, 0) is 4.79 Å². The number of hydrogen-bond acceptors (Lipinski definition) is 3. The van der Waals surface area contributed by atoms with E-state index in [1.807, 2.05) is 0 Å². The Hall–Kier alpha value is -0.810. The Morgan fingerprint density at radius 2 is 2.00 bits per heavy atom. The second-order valence-electron chi connectivity index (χ2n) is 3.69. The molecule has 0 saturated heterocycles. The van der Waals surface area contributed by atoms with Crippen molar-refractivity contribution in [1.82, 2.24) is 0 Å². The second kappa shape index (κ2) is 7.10. The lowest BCUT2D eigenvalue weighted by atomic mass is 10.1. The van der Waals surface area contributed by atoms with Crippen LogP contribution in [-0.4, -0.2) is 33.7 Å². The molecule has 0 aliphatic rings. The molecule has 0 bridgehead atoms. The first-order valence-corrected chi connectivity index (χ1v) is 6.59. The van der Waals surface area contributed by atoms with Crippen LogP contribution in [0.1, 0.15) is 12.5 Å². The number of nitrogens with zero attached hydrogens (tertiary/aromatic N) is 1. The van der Waals surface area contributed by atoms with Gasteiger partial charge in [-0.3, -0.25) is 9.79 Å². The van der Waals surface area contributed by atoms with Crippen LogP contribution in [0.5, 0.6) is 0 Å². The molecule has 104 valence electrons. The fourth-order valence-electron chi connectivity index (χ4n) is 1.40. The lowest BCUT2D eigenvalue weighted by molar-refractivity contribution is -0.115. The van der Waals surface area contributed by atoms with Gasteiger partial charge in [0.05, 0.1) is 13.2 Å². The van der Waals surface area contributed by atoms with E-state index < -0.39 is 9.70 Å². The molecule has 19 heavy (non-hydrogen) atoms. The van der Waals surface area contributed by atoms with E-state index in [2.05, 4.69) is 10.3 Å². The number of aliphatic hydroxyl groups excluding tert-OH is 1. The molecule has 0 atom stereocenters. The normalized spacial score (nSPS) is 12.4. The van der Waals surface area contributed by atoms with Gasteiger partial charge in [0.2, 0.25) is 0 Å². The molecule has 0 aliphatic heterocycles. The number of alkyl halides is 3. The number of carbonyl (C=O) groups excluding carboxylic acids is 1. The summed E-state index contributed by atoms with van der Waals surface area (Å²) in [6, 6.07) is 7.01. The number of para-hydroxylation sites is 1.